The van der Waals surface area contributed by atoms with E-state index in [1.807, 2.05) is 7.05 Å². The normalized spacial score (nSPS) is 22.9. The smallest absolute Gasteiger partial charge is 0.256 e. The zero-order chi connectivity index (χ0) is 10.6. The summed E-state index contributed by atoms with van der Waals surface area (Å²) < 4.78 is 37.1. The Labute approximate surface area is 82.5 Å². The van der Waals surface area contributed by atoms with Crippen molar-refractivity contribution in [3.05, 3.63) is 0 Å². The van der Waals surface area contributed by atoms with Gasteiger partial charge in [0.25, 0.3) is 6.43 Å². The molecule has 2 nitrogen and oxygen atoms in total. The summed E-state index contributed by atoms with van der Waals surface area (Å²) in [7, 11) is 1.86. The van der Waals surface area contributed by atoms with E-state index >= 15 is 0 Å². The van der Waals surface area contributed by atoms with Crippen LogP contribution in [-0.4, -0.2) is 50.2 Å². The summed E-state index contributed by atoms with van der Waals surface area (Å²) in [5.74, 6) is 0. The van der Waals surface area contributed by atoms with Gasteiger partial charge in [0.05, 0.1) is 6.04 Å². The largest absolute Gasteiger partial charge is 0.317 e. The fourth-order valence-corrected chi connectivity index (χ4v) is 1.84. The first-order valence-corrected chi connectivity index (χ1v) is 4.94. The molecular weight excluding hydrogens is 193 g/mol. The molecule has 1 rings (SSSR count). The highest BCUT2D eigenvalue weighted by Crippen LogP contribution is 2.17. The van der Waals surface area contributed by atoms with Gasteiger partial charge in [0, 0.05) is 19.1 Å². The molecule has 1 fully saturated rings. The summed E-state index contributed by atoms with van der Waals surface area (Å²) in [5, 5.41) is 3.10. The summed E-state index contributed by atoms with van der Waals surface area (Å²) >= 11 is 0. The van der Waals surface area contributed by atoms with E-state index in [9.17, 15) is 13.2 Å². The van der Waals surface area contributed by atoms with Gasteiger partial charge in [-0.2, -0.15) is 0 Å². The second-order valence-electron chi connectivity index (χ2n) is 3.66. The van der Waals surface area contributed by atoms with Crippen molar-refractivity contribution in [1.82, 2.24) is 10.2 Å². The molecule has 1 N–H and O–H groups in total. The first-order chi connectivity index (χ1) is 6.69. The van der Waals surface area contributed by atoms with Gasteiger partial charge in [0.1, 0.15) is 6.67 Å². The number of alkyl halides is 3. The summed E-state index contributed by atoms with van der Waals surface area (Å²) in [6.07, 6.45) is -0.939. The van der Waals surface area contributed by atoms with E-state index in [1.165, 1.54) is 0 Å². The van der Waals surface area contributed by atoms with Crippen molar-refractivity contribution in [2.45, 2.75) is 31.4 Å². The molecule has 0 aromatic carbocycles. The van der Waals surface area contributed by atoms with Crippen LogP contribution < -0.4 is 5.32 Å². The van der Waals surface area contributed by atoms with Gasteiger partial charge >= 0.3 is 0 Å². The van der Waals surface area contributed by atoms with Crippen LogP contribution in [0.3, 0.4) is 0 Å². The Kier molecular flexibility index (Phi) is 4.68. The predicted octanol–water partition coefficient (Wildman–Crippen LogP) is 1.27. The Balaban J connectivity index is 2.39. The van der Waals surface area contributed by atoms with E-state index in [-0.39, 0.29) is 0 Å². The Bertz CT molecular complexity index is 158. The number of hydrogen-bond donors (Lipinski definition) is 1. The highest BCUT2D eigenvalue weighted by molar-refractivity contribution is 4.81. The van der Waals surface area contributed by atoms with Crippen LogP contribution >= 0.6 is 0 Å². The van der Waals surface area contributed by atoms with Crippen molar-refractivity contribution < 1.29 is 13.2 Å². The van der Waals surface area contributed by atoms with Gasteiger partial charge in [-0.25, -0.2) is 13.2 Å². The highest BCUT2D eigenvalue weighted by atomic mass is 19.3. The van der Waals surface area contributed by atoms with Gasteiger partial charge in [-0.15, -0.1) is 0 Å². The molecule has 0 bridgehead atoms. The molecule has 1 saturated heterocycles. The van der Waals surface area contributed by atoms with E-state index in [0.29, 0.717) is 19.1 Å². The lowest BCUT2D eigenvalue weighted by Gasteiger charge is -2.35. The molecule has 14 heavy (non-hydrogen) atoms. The topological polar surface area (TPSA) is 15.3 Å². The first-order valence-electron chi connectivity index (χ1n) is 4.94. The third-order valence-electron chi connectivity index (χ3n) is 2.86. The van der Waals surface area contributed by atoms with Crippen LogP contribution in [0, 0.1) is 0 Å². The van der Waals surface area contributed by atoms with Gasteiger partial charge in [-0.3, -0.25) is 4.90 Å². The standard InChI is InChI=1S/C9H17F3N2/c1-13-7-2-4-14(5-3-7)8(6-10)9(11)12/h7-9,13H,2-6H2,1H3. The molecule has 0 amide bonds. The predicted molar refractivity (Wildman–Crippen MR) is 49.4 cm³/mol. The number of hydrogen-bond acceptors (Lipinski definition) is 2. The average Bonchev–Trinajstić information content (AvgIpc) is 2.19. The molecule has 0 aliphatic carbocycles. The first kappa shape index (κ1) is 11.8. The van der Waals surface area contributed by atoms with Crippen LogP contribution in [0.5, 0.6) is 0 Å². The van der Waals surface area contributed by atoms with E-state index in [4.69, 9.17) is 0 Å². The van der Waals surface area contributed by atoms with Crippen LogP contribution in [0.4, 0.5) is 13.2 Å². The number of nitrogens with one attached hydrogen (secondary N) is 1. The van der Waals surface area contributed by atoms with Gasteiger partial charge in [-0.1, -0.05) is 0 Å². The van der Waals surface area contributed by atoms with E-state index in [0.717, 1.165) is 12.8 Å². The number of piperidine rings is 1. The van der Waals surface area contributed by atoms with Crippen molar-refractivity contribution >= 4 is 0 Å². The van der Waals surface area contributed by atoms with Crippen molar-refractivity contribution in [3.8, 4) is 0 Å². The highest BCUT2D eigenvalue weighted by Gasteiger charge is 2.30. The second-order valence-corrected chi connectivity index (χ2v) is 3.66. The van der Waals surface area contributed by atoms with Crippen LogP contribution in [0.25, 0.3) is 0 Å². The van der Waals surface area contributed by atoms with Crippen LogP contribution in [0.15, 0.2) is 0 Å². The third kappa shape index (κ3) is 2.85. The zero-order valence-corrected chi connectivity index (χ0v) is 8.35. The van der Waals surface area contributed by atoms with Crippen molar-refractivity contribution in [3.63, 3.8) is 0 Å². The maximum Gasteiger partial charge on any atom is 0.256 e. The summed E-state index contributed by atoms with van der Waals surface area (Å²) in [4.78, 5) is 1.55. The molecule has 0 saturated carbocycles. The van der Waals surface area contributed by atoms with Gasteiger partial charge in [0.15, 0.2) is 0 Å². The second kappa shape index (κ2) is 5.56. The third-order valence-corrected chi connectivity index (χ3v) is 2.86. The molecule has 1 atom stereocenters. The summed E-state index contributed by atoms with van der Waals surface area (Å²) in [6, 6.07) is -0.808. The van der Waals surface area contributed by atoms with Crippen molar-refractivity contribution in [1.29, 1.82) is 0 Å². The average molecular weight is 210 g/mol. The van der Waals surface area contributed by atoms with E-state index in [2.05, 4.69) is 5.32 Å². The number of likely N-dealkylation sites (tertiary alicyclic amines) is 1. The maximum absolute atomic E-state index is 12.4. The molecule has 84 valence electrons. The Morgan fingerprint density at radius 2 is 1.93 bits per heavy atom. The molecule has 0 aromatic rings. The molecule has 0 spiro atoms. The molecule has 0 radical (unpaired) electrons. The van der Waals surface area contributed by atoms with Crippen molar-refractivity contribution in [2.24, 2.45) is 0 Å². The van der Waals surface area contributed by atoms with Gasteiger partial charge in [0.2, 0.25) is 0 Å². The fraction of sp³-hybridized carbons (Fsp3) is 1.00. The Morgan fingerprint density at radius 3 is 2.29 bits per heavy atom. The molecule has 0 aromatic heterocycles. The van der Waals surface area contributed by atoms with Gasteiger partial charge in [-0.05, 0) is 19.9 Å². The molecule has 1 unspecified atom stereocenters. The fourth-order valence-electron chi connectivity index (χ4n) is 1.84. The zero-order valence-electron chi connectivity index (χ0n) is 8.35. The lowest BCUT2D eigenvalue weighted by molar-refractivity contribution is 0.000576. The summed E-state index contributed by atoms with van der Waals surface area (Å²) in [6.45, 7) is 0.163. The van der Waals surface area contributed by atoms with Crippen molar-refractivity contribution in [2.75, 3.05) is 26.8 Å². The lowest BCUT2D eigenvalue weighted by Crippen LogP contribution is -2.49. The SMILES string of the molecule is CNC1CCN(C(CF)C(F)F)CC1. The maximum atomic E-state index is 12.4. The minimum absolute atomic E-state index is 0.393. The summed E-state index contributed by atoms with van der Waals surface area (Å²) in [5.41, 5.74) is 0. The minimum atomic E-state index is -2.58. The van der Waals surface area contributed by atoms with Crippen LogP contribution in [0.2, 0.25) is 0 Å². The molecule has 1 aliphatic rings. The quantitative estimate of drug-likeness (QED) is 0.751. The Morgan fingerprint density at radius 1 is 1.36 bits per heavy atom. The van der Waals surface area contributed by atoms with Crippen LogP contribution in [-0.2, 0) is 0 Å². The number of rotatable bonds is 4. The molecule has 1 aliphatic heterocycles. The molecule has 5 heteroatoms. The van der Waals surface area contributed by atoms with Crippen LogP contribution in [0.1, 0.15) is 12.8 Å². The monoisotopic (exact) mass is 210 g/mol. The number of nitrogens with zero attached hydrogens (tertiary/aromatic N) is 1. The Hall–Kier alpha value is -0.290. The molecular formula is C9H17F3N2. The lowest BCUT2D eigenvalue weighted by atomic mass is 10.0. The van der Waals surface area contributed by atoms with E-state index < -0.39 is 19.1 Å². The number of halogens is 3. The van der Waals surface area contributed by atoms with Gasteiger partial charge < -0.3 is 5.32 Å². The molecule has 1 heterocycles. The minimum Gasteiger partial charge on any atom is -0.317 e. The van der Waals surface area contributed by atoms with E-state index in [1.54, 1.807) is 4.90 Å².